The lowest BCUT2D eigenvalue weighted by molar-refractivity contribution is 0.119. The molecule has 0 fully saturated rings. The molecule has 9 heteroatoms. The van der Waals surface area contributed by atoms with Gasteiger partial charge in [-0.15, -0.1) is 0 Å². The molecule has 4 aromatic carbocycles. The standard InChI is InChI=1S/C26H17F2NO2.C2H8FNP2/c27-22-9-5-21(6-10-22)25-14-13-24(15-26(25)28)31-17-30-23-11-7-20(8-12-23)19-3-1-18(16-29)2-4-19;3-1-2-5-6-4/h1-15H,17H2;5-6H,1-2,4H2. The second-order valence-electron chi connectivity index (χ2n) is 7.53. The van der Waals surface area contributed by atoms with Crippen LogP contribution in [-0.2, 0) is 0 Å². The van der Waals surface area contributed by atoms with E-state index in [2.05, 4.69) is 6.07 Å². The molecule has 0 saturated heterocycles. The zero-order chi connectivity index (χ0) is 26.5. The van der Waals surface area contributed by atoms with Crippen LogP contribution in [0.2, 0.25) is 0 Å². The second kappa shape index (κ2) is 15.0. The van der Waals surface area contributed by atoms with Crippen molar-refractivity contribution in [3.63, 3.8) is 0 Å². The van der Waals surface area contributed by atoms with Gasteiger partial charge in [-0.1, -0.05) is 44.7 Å². The highest BCUT2D eigenvalue weighted by Crippen LogP contribution is 2.28. The molecular formula is C28H25F3N2O2P2. The predicted molar refractivity (Wildman–Crippen MR) is 146 cm³/mol. The Balaban J connectivity index is 0.000000568. The normalized spacial score (nSPS) is 10.8. The minimum Gasteiger partial charge on any atom is -0.458 e. The summed E-state index contributed by atoms with van der Waals surface area (Å²) in [5, 5.41) is 8.88. The zero-order valence-electron chi connectivity index (χ0n) is 19.8. The molecule has 4 nitrogen and oxygen atoms in total. The number of nitrogens with two attached hydrogens (primary N) is 1. The van der Waals surface area contributed by atoms with Crippen molar-refractivity contribution < 1.29 is 22.6 Å². The highest BCUT2D eigenvalue weighted by atomic mass is 32.0. The molecular weight excluding hydrogens is 515 g/mol. The lowest BCUT2D eigenvalue weighted by atomic mass is 10.0. The Morgan fingerprint density at radius 2 is 1.32 bits per heavy atom. The van der Waals surface area contributed by atoms with Crippen molar-refractivity contribution in [2.24, 2.45) is 5.50 Å². The third-order valence-corrected chi connectivity index (χ3v) is 7.08. The van der Waals surface area contributed by atoms with Gasteiger partial charge in [0.05, 0.1) is 18.3 Å². The maximum atomic E-state index is 14.4. The Hall–Kier alpha value is -3.42. The number of hydrogen-bond acceptors (Lipinski definition) is 4. The molecule has 0 bridgehead atoms. The molecule has 0 radical (unpaired) electrons. The minimum atomic E-state index is -0.462. The van der Waals surface area contributed by atoms with Gasteiger partial charge in [-0.05, 0) is 79.8 Å². The van der Waals surface area contributed by atoms with Crippen molar-refractivity contribution in [3.8, 4) is 39.8 Å². The van der Waals surface area contributed by atoms with Crippen molar-refractivity contribution in [1.82, 2.24) is 0 Å². The summed E-state index contributed by atoms with van der Waals surface area (Å²) in [7, 11) is 1.10. The van der Waals surface area contributed by atoms with E-state index in [1.807, 2.05) is 36.4 Å². The van der Waals surface area contributed by atoms with E-state index in [-0.39, 0.29) is 19.3 Å². The topological polar surface area (TPSA) is 68.3 Å². The Morgan fingerprint density at radius 3 is 1.86 bits per heavy atom. The van der Waals surface area contributed by atoms with Crippen LogP contribution >= 0.6 is 16.7 Å². The summed E-state index contributed by atoms with van der Waals surface area (Å²) in [4.78, 5) is 0. The van der Waals surface area contributed by atoms with E-state index in [9.17, 15) is 13.2 Å². The molecule has 0 aliphatic carbocycles. The van der Waals surface area contributed by atoms with Gasteiger partial charge in [-0.3, -0.25) is 4.39 Å². The van der Waals surface area contributed by atoms with E-state index in [4.69, 9.17) is 20.2 Å². The van der Waals surface area contributed by atoms with Crippen LogP contribution in [0.25, 0.3) is 22.3 Å². The fourth-order valence-electron chi connectivity index (χ4n) is 3.21. The fourth-order valence-corrected chi connectivity index (χ4v) is 4.17. The number of halogens is 3. The summed E-state index contributed by atoms with van der Waals surface area (Å²) >= 11 is 0. The SMILES string of the molecule is N#Cc1ccc(-c2ccc(OCOc3ccc(-c4ccc(F)cc4)c(F)c3)cc2)cc1.NPPCCF. The average molecular weight is 540 g/mol. The van der Waals surface area contributed by atoms with E-state index in [1.165, 1.54) is 30.3 Å². The molecule has 4 rings (SSSR count). The van der Waals surface area contributed by atoms with Gasteiger partial charge in [-0.2, -0.15) is 5.26 Å². The van der Waals surface area contributed by atoms with Gasteiger partial charge < -0.3 is 15.0 Å². The predicted octanol–water partition coefficient (Wildman–Crippen LogP) is 7.69. The Bertz CT molecular complexity index is 1290. The molecule has 2 unspecified atom stereocenters. The maximum Gasteiger partial charge on any atom is 0.230 e. The minimum absolute atomic E-state index is 0.0778. The summed E-state index contributed by atoms with van der Waals surface area (Å²) in [5.74, 6) is 0.112. The summed E-state index contributed by atoms with van der Waals surface area (Å²) < 4.78 is 49.7. The van der Waals surface area contributed by atoms with Crippen LogP contribution in [-0.4, -0.2) is 19.6 Å². The van der Waals surface area contributed by atoms with Crippen LogP contribution < -0.4 is 15.0 Å². The van der Waals surface area contributed by atoms with E-state index in [1.54, 1.807) is 24.3 Å². The summed E-state index contributed by atoms with van der Waals surface area (Å²) in [6.07, 6.45) is 0.662. The molecule has 37 heavy (non-hydrogen) atoms. The summed E-state index contributed by atoms with van der Waals surface area (Å²) in [6, 6.07) is 27.0. The highest BCUT2D eigenvalue weighted by Gasteiger charge is 2.07. The third kappa shape index (κ3) is 8.88. The first-order valence-electron chi connectivity index (χ1n) is 11.2. The molecule has 2 N–H and O–H groups in total. The zero-order valence-corrected chi connectivity index (χ0v) is 21.8. The second-order valence-corrected chi connectivity index (χ2v) is 10.6. The van der Waals surface area contributed by atoms with E-state index in [0.29, 0.717) is 51.0 Å². The Morgan fingerprint density at radius 1 is 0.757 bits per heavy atom. The van der Waals surface area contributed by atoms with Crippen molar-refractivity contribution in [1.29, 1.82) is 5.26 Å². The van der Waals surface area contributed by atoms with Crippen LogP contribution in [0.1, 0.15) is 5.56 Å². The summed E-state index contributed by atoms with van der Waals surface area (Å²) in [5.41, 5.74) is 8.65. The number of hydrogen-bond donors (Lipinski definition) is 1. The van der Waals surface area contributed by atoms with Gasteiger partial charge in [-0.25, -0.2) is 8.78 Å². The molecule has 0 spiro atoms. The molecule has 2 atom stereocenters. The molecule has 0 saturated carbocycles. The van der Waals surface area contributed by atoms with E-state index < -0.39 is 5.82 Å². The van der Waals surface area contributed by atoms with Crippen LogP contribution in [0.15, 0.2) is 91.0 Å². The van der Waals surface area contributed by atoms with Crippen LogP contribution in [0.5, 0.6) is 11.5 Å². The third-order valence-electron chi connectivity index (χ3n) is 5.07. The van der Waals surface area contributed by atoms with Crippen molar-refractivity contribution in [2.45, 2.75) is 0 Å². The monoisotopic (exact) mass is 540 g/mol. The summed E-state index contributed by atoms with van der Waals surface area (Å²) in [6.45, 7) is -0.284. The molecule has 0 aliphatic rings. The van der Waals surface area contributed by atoms with Gasteiger partial charge in [0.25, 0.3) is 0 Å². The highest BCUT2D eigenvalue weighted by molar-refractivity contribution is 8.10. The first-order valence-corrected chi connectivity index (χ1v) is 14.5. The van der Waals surface area contributed by atoms with Crippen LogP contribution in [0.4, 0.5) is 13.2 Å². The molecule has 0 heterocycles. The molecule has 190 valence electrons. The van der Waals surface area contributed by atoms with Gasteiger partial charge >= 0.3 is 0 Å². The lowest BCUT2D eigenvalue weighted by Gasteiger charge is -2.11. The van der Waals surface area contributed by atoms with Crippen LogP contribution in [0.3, 0.4) is 0 Å². The number of nitrogens with zero attached hydrogens (tertiary/aromatic N) is 1. The number of ether oxygens (including phenoxy) is 2. The quantitative estimate of drug-likeness (QED) is 0.134. The van der Waals surface area contributed by atoms with Gasteiger partial charge in [0, 0.05) is 11.6 Å². The van der Waals surface area contributed by atoms with Crippen molar-refractivity contribution >= 4 is 16.7 Å². The largest absolute Gasteiger partial charge is 0.458 e. The molecule has 4 aromatic rings. The maximum absolute atomic E-state index is 14.4. The number of nitriles is 1. The fraction of sp³-hybridized carbons (Fsp3) is 0.107. The van der Waals surface area contributed by atoms with Gasteiger partial charge in [0.1, 0.15) is 23.1 Å². The first-order chi connectivity index (χ1) is 18.0. The Kier molecular flexibility index (Phi) is 11.4. The molecule has 0 aliphatic heterocycles. The van der Waals surface area contributed by atoms with Crippen molar-refractivity contribution in [3.05, 3.63) is 108 Å². The number of alkyl halides is 1. The Labute approximate surface area is 217 Å². The lowest BCUT2D eigenvalue weighted by Crippen LogP contribution is -2.05. The van der Waals surface area contributed by atoms with Gasteiger partial charge in [0.15, 0.2) is 0 Å². The number of benzene rings is 4. The molecule has 0 amide bonds. The van der Waals surface area contributed by atoms with Crippen molar-refractivity contribution in [2.75, 3.05) is 19.6 Å². The first kappa shape index (κ1) is 28.2. The molecule has 0 aromatic heterocycles. The van der Waals surface area contributed by atoms with Crippen LogP contribution in [0, 0.1) is 23.0 Å². The average Bonchev–Trinajstić information content (AvgIpc) is 2.93. The van der Waals surface area contributed by atoms with E-state index in [0.717, 1.165) is 11.1 Å². The van der Waals surface area contributed by atoms with E-state index >= 15 is 0 Å². The smallest absolute Gasteiger partial charge is 0.230 e. The van der Waals surface area contributed by atoms with Gasteiger partial charge in [0.2, 0.25) is 6.79 Å². The number of rotatable bonds is 9.